The lowest BCUT2D eigenvalue weighted by Gasteiger charge is -2.08. The smallest absolute Gasteiger partial charge is 0.372 e. The number of hydrogen-bond acceptors (Lipinski definition) is 4. The molecule has 0 radical (unpaired) electrons. The van der Waals surface area contributed by atoms with Gasteiger partial charge in [0, 0.05) is 19.2 Å². The maximum absolute atomic E-state index is 11.8. The molecule has 0 saturated carbocycles. The van der Waals surface area contributed by atoms with Crippen LogP contribution in [0.2, 0.25) is 0 Å². The zero-order valence-corrected chi connectivity index (χ0v) is 11.3. The Balaban J connectivity index is 2.45. The summed E-state index contributed by atoms with van der Waals surface area (Å²) >= 11 is 3.27. The molecule has 0 aliphatic carbocycles. The van der Waals surface area contributed by atoms with Crippen molar-refractivity contribution in [3.63, 3.8) is 0 Å². The number of alkyl halides is 3. The molecule has 1 N–H and O–H groups in total. The highest BCUT2D eigenvalue weighted by atomic mass is 79.9. The Hall–Kier alpha value is -0.890. The average Bonchev–Trinajstić information content (AvgIpc) is 2.28. The van der Waals surface area contributed by atoms with E-state index in [0.29, 0.717) is 22.7 Å². The van der Waals surface area contributed by atoms with Crippen LogP contribution in [0.15, 0.2) is 10.7 Å². The fourth-order valence-electron chi connectivity index (χ4n) is 1.17. The Bertz CT molecular complexity index is 387. The van der Waals surface area contributed by atoms with Gasteiger partial charge in [0.2, 0.25) is 0 Å². The lowest BCUT2D eigenvalue weighted by atomic mass is 10.4. The molecule has 0 fully saturated rings. The Morgan fingerprint density at radius 1 is 1.44 bits per heavy atom. The van der Waals surface area contributed by atoms with Crippen LogP contribution in [-0.2, 0) is 11.2 Å². The van der Waals surface area contributed by atoms with Crippen molar-refractivity contribution >= 4 is 21.7 Å². The van der Waals surface area contributed by atoms with Crippen molar-refractivity contribution in [3.05, 3.63) is 16.5 Å². The maximum Gasteiger partial charge on any atom is 0.411 e. The minimum atomic E-state index is -4.30. The number of rotatable bonds is 6. The monoisotopic (exact) mass is 327 g/mol. The lowest BCUT2D eigenvalue weighted by Crippen LogP contribution is -2.18. The molecule has 0 aromatic carbocycles. The molecule has 0 aliphatic rings. The van der Waals surface area contributed by atoms with Crippen LogP contribution in [0.4, 0.5) is 19.0 Å². The van der Waals surface area contributed by atoms with E-state index in [9.17, 15) is 13.2 Å². The molecule has 0 unspecified atom stereocenters. The van der Waals surface area contributed by atoms with Crippen LogP contribution in [0.1, 0.15) is 12.7 Å². The standard InChI is InChI=1S/C10H13BrF3N3O/c1-2-15-9-7(11)5-16-8(17-9)3-4-18-6-10(12,13)14/h5H,2-4,6H2,1H3,(H,15,16,17). The van der Waals surface area contributed by atoms with Crippen LogP contribution in [0.5, 0.6) is 0 Å². The number of nitrogens with zero attached hydrogens (tertiary/aromatic N) is 2. The molecule has 4 nitrogen and oxygen atoms in total. The molecule has 0 saturated heterocycles. The molecule has 1 heterocycles. The summed E-state index contributed by atoms with van der Waals surface area (Å²) < 4.78 is 40.7. The summed E-state index contributed by atoms with van der Waals surface area (Å²) in [6, 6.07) is 0. The molecular weight excluding hydrogens is 315 g/mol. The van der Waals surface area contributed by atoms with Crippen molar-refractivity contribution in [2.24, 2.45) is 0 Å². The minimum Gasteiger partial charge on any atom is -0.372 e. The molecule has 8 heteroatoms. The van der Waals surface area contributed by atoms with Crippen molar-refractivity contribution in [3.8, 4) is 0 Å². The number of halogens is 4. The van der Waals surface area contributed by atoms with E-state index in [1.54, 1.807) is 6.20 Å². The number of nitrogens with one attached hydrogen (secondary N) is 1. The van der Waals surface area contributed by atoms with Gasteiger partial charge in [0.05, 0.1) is 11.1 Å². The zero-order valence-electron chi connectivity index (χ0n) is 9.72. The van der Waals surface area contributed by atoms with Gasteiger partial charge in [0.15, 0.2) is 0 Å². The number of ether oxygens (including phenoxy) is 1. The predicted molar refractivity (Wildman–Crippen MR) is 64.5 cm³/mol. The third-order valence-electron chi connectivity index (χ3n) is 1.87. The summed E-state index contributed by atoms with van der Waals surface area (Å²) in [5, 5.41) is 3.01. The molecule has 1 rings (SSSR count). The molecule has 0 spiro atoms. The first-order valence-corrected chi connectivity index (χ1v) is 6.11. The quantitative estimate of drug-likeness (QED) is 0.816. The molecule has 1 aromatic rings. The molecule has 0 bridgehead atoms. The van der Waals surface area contributed by atoms with Gasteiger partial charge in [0.25, 0.3) is 0 Å². The maximum atomic E-state index is 11.8. The van der Waals surface area contributed by atoms with Crippen molar-refractivity contribution in [2.75, 3.05) is 25.1 Å². The molecule has 0 atom stereocenters. The van der Waals surface area contributed by atoms with Crippen LogP contribution in [0, 0.1) is 0 Å². The van der Waals surface area contributed by atoms with Crippen LogP contribution in [0.3, 0.4) is 0 Å². The molecular formula is C10H13BrF3N3O. The van der Waals surface area contributed by atoms with Gasteiger partial charge in [-0.2, -0.15) is 13.2 Å². The van der Waals surface area contributed by atoms with Crippen LogP contribution in [0.25, 0.3) is 0 Å². The first-order valence-electron chi connectivity index (χ1n) is 5.32. The largest absolute Gasteiger partial charge is 0.411 e. The third kappa shape index (κ3) is 5.63. The molecule has 0 amide bonds. The van der Waals surface area contributed by atoms with Gasteiger partial charge in [0.1, 0.15) is 18.2 Å². The number of hydrogen-bond donors (Lipinski definition) is 1. The summed E-state index contributed by atoms with van der Waals surface area (Å²) in [4.78, 5) is 8.16. The average molecular weight is 328 g/mol. The van der Waals surface area contributed by atoms with Gasteiger partial charge in [-0.05, 0) is 22.9 Å². The van der Waals surface area contributed by atoms with E-state index in [0.717, 1.165) is 0 Å². The van der Waals surface area contributed by atoms with Crippen molar-refractivity contribution in [1.82, 2.24) is 9.97 Å². The minimum absolute atomic E-state index is 0.0628. The van der Waals surface area contributed by atoms with Crippen molar-refractivity contribution in [1.29, 1.82) is 0 Å². The Morgan fingerprint density at radius 2 is 2.17 bits per heavy atom. The third-order valence-corrected chi connectivity index (χ3v) is 2.45. The highest BCUT2D eigenvalue weighted by molar-refractivity contribution is 9.10. The van der Waals surface area contributed by atoms with Gasteiger partial charge >= 0.3 is 6.18 Å². The van der Waals surface area contributed by atoms with E-state index in [-0.39, 0.29) is 13.0 Å². The Labute approximate surface area is 111 Å². The first kappa shape index (κ1) is 15.2. The summed E-state index contributed by atoms with van der Waals surface area (Å²) in [5.41, 5.74) is 0. The van der Waals surface area contributed by atoms with E-state index >= 15 is 0 Å². The highest BCUT2D eigenvalue weighted by Gasteiger charge is 2.27. The van der Waals surface area contributed by atoms with Crippen LogP contribution >= 0.6 is 15.9 Å². The van der Waals surface area contributed by atoms with E-state index in [2.05, 4.69) is 36.0 Å². The van der Waals surface area contributed by atoms with Crippen molar-refractivity contribution in [2.45, 2.75) is 19.5 Å². The van der Waals surface area contributed by atoms with Gasteiger partial charge in [-0.1, -0.05) is 0 Å². The van der Waals surface area contributed by atoms with E-state index in [1.807, 2.05) is 6.92 Å². The van der Waals surface area contributed by atoms with Gasteiger partial charge in [-0.3, -0.25) is 0 Å². The van der Waals surface area contributed by atoms with Gasteiger partial charge in [-0.15, -0.1) is 0 Å². The Morgan fingerprint density at radius 3 is 2.78 bits per heavy atom. The van der Waals surface area contributed by atoms with Crippen molar-refractivity contribution < 1.29 is 17.9 Å². The second kappa shape index (κ2) is 6.89. The van der Waals surface area contributed by atoms with E-state index in [1.165, 1.54) is 0 Å². The van der Waals surface area contributed by atoms with Gasteiger partial charge in [-0.25, -0.2) is 9.97 Å². The Kier molecular flexibility index (Phi) is 5.80. The van der Waals surface area contributed by atoms with Gasteiger partial charge < -0.3 is 10.1 Å². The van der Waals surface area contributed by atoms with E-state index < -0.39 is 12.8 Å². The number of aromatic nitrogens is 2. The highest BCUT2D eigenvalue weighted by Crippen LogP contribution is 2.18. The fraction of sp³-hybridized carbons (Fsp3) is 0.600. The normalized spacial score (nSPS) is 11.6. The molecule has 18 heavy (non-hydrogen) atoms. The topological polar surface area (TPSA) is 47.0 Å². The predicted octanol–water partition coefficient (Wildman–Crippen LogP) is 2.79. The van der Waals surface area contributed by atoms with Crippen LogP contribution < -0.4 is 5.32 Å². The summed E-state index contributed by atoms with van der Waals surface area (Å²) in [6.45, 7) is 1.30. The summed E-state index contributed by atoms with van der Waals surface area (Å²) in [6.07, 6.45) is -2.50. The summed E-state index contributed by atoms with van der Waals surface area (Å²) in [7, 11) is 0. The van der Waals surface area contributed by atoms with E-state index in [4.69, 9.17) is 0 Å². The zero-order chi connectivity index (χ0) is 13.6. The first-order chi connectivity index (χ1) is 8.42. The van der Waals surface area contributed by atoms with Crippen LogP contribution in [-0.4, -0.2) is 35.9 Å². The second-order valence-electron chi connectivity index (χ2n) is 3.43. The fourth-order valence-corrected chi connectivity index (χ4v) is 1.50. The lowest BCUT2D eigenvalue weighted by molar-refractivity contribution is -0.173. The number of anilines is 1. The summed E-state index contributed by atoms with van der Waals surface area (Å²) in [5.74, 6) is 1.06. The molecule has 102 valence electrons. The molecule has 1 aromatic heterocycles. The SMILES string of the molecule is CCNc1nc(CCOCC(F)(F)F)ncc1Br. The second-order valence-corrected chi connectivity index (χ2v) is 4.29. The molecule has 0 aliphatic heterocycles.